The molecule has 1 aromatic heterocycles. The lowest BCUT2D eigenvalue weighted by molar-refractivity contribution is 0.0646. The lowest BCUT2D eigenvalue weighted by Crippen LogP contribution is -2.40. The molecule has 1 atom stereocenters. The van der Waals surface area contributed by atoms with E-state index >= 15 is 0 Å². The van der Waals surface area contributed by atoms with Gasteiger partial charge in [-0.2, -0.15) is 4.98 Å². The van der Waals surface area contributed by atoms with Gasteiger partial charge in [-0.3, -0.25) is 0 Å². The number of aromatic nitrogens is 2. The molecule has 1 heterocycles. The number of urea groups is 1. The monoisotopic (exact) mass is 445 g/mol. The van der Waals surface area contributed by atoms with Crippen LogP contribution >= 0.6 is 0 Å². The van der Waals surface area contributed by atoms with Crippen molar-refractivity contribution in [1.82, 2.24) is 9.97 Å². The molecule has 3 N–H and O–H groups in total. The Labute approximate surface area is 182 Å². The van der Waals surface area contributed by atoms with Crippen LogP contribution in [0, 0.1) is 17.5 Å². The molecule has 2 aromatic carbocycles. The van der Waals surface area contributed by atoms with Crippen molar-refractivity contribution >= 4 is 29.2 Å². The van der Waals surface area contributed by atoms with Crippen LogP contribution in [0.15, 0.2) is 54.7 Å². The van der Waals surface area contributed by atoms with Gasteiger partial charge in [0, 0.05) is 18.3 Å². The number of hydrogen-bond donors (Lipinski definition) is 3. The van der Waals surface area contributed by atoms with Crippen molar-refractivity contribution in [1.29, 1.82) is 0 Å². The van der Waals surface area contributed by atoms with Gasteiger partial charge in [-0.05, 0) is 57.2 Å². The molecule has 0 bridgehead atoms. The number of hydrogen-bond acceptors (Lipinski definition) is 5. The van der Waals surface area contributed by atoms with Crippen molar-refractivity contribution < 1.29 is 23.1 Å². The van der Waals surface area contributed by atoms with Crippen LogP contribution in [0.5, 0.6) is 0 Å². The third kappa shape index (κ3) is 5.52. The van der Waals surface area contributed by atoms with Crippen LogP contribution in [-0.4, -0.2) is 32.7 Å². The minimum atomic E-state index is -1.08. The number of halogens is 3. The first kappa shape index (κ1) is 23.0. The summed E-state index contributed by atoms with van der Waals surface area (Å²) in [5, 5.41) is 15.5. The summed E-state index contributed by atoms with van der Waals surface area (Å²) in [4.78, 5) is 22.6. The summed E-state index contributed by atoms with van der Waals surface area (Å²) in [5.41, 5.74) is -1.08. The fourth-order valence-corrected chi connectivity index (χ4v) is 2.62. The van der Waals surface area contributed by atoms with Gasteiger partial charge in [-0.1, -0.05) is 0 Å². The van der Waals surface area contributed by atoms with Gasteiger partial charge in [-0.25, -0.2) is 27.8 Å². The number of nitrogens with zero attached hydrogens (tertiary/aromatic N) is 3. The second-order valence-electron chi connectivity index (χ2n) is 7.62. The number of rotatable bonds is 6. The van der Waals surface area contributed by atoms with Crippen LogP contribution in [0.2, 0.25) is 0 Å². The van der Waals surface area contributed by atoms with Crippen molar-refractivity contribution in [3.05, 3.63) is 72.2 Å². The summed E-state index contributed by atoms with van der Waals surface area (Å²) >= 11 is 0. The highest BCUT2D eigenvalue weighted by Gasteiger charge is 2.25. The number of anilines is 4. The summed E-state index contributed by atoms with van der Waals surface area (Å²) in [5.74, 6) is -2.03. The molecule has 0 saturated carbocycles. The molecule has 1 unspecified atom stereocenters. The fourth-order valence-electron chi connectivity index (χ4n) is 2.62. The Morgan fingerprint density at radius 2 is 1.72 bits per heavy atom. The Morgan fingerprint density at radius 3 is 2.34 bits per heavy atom. The quantitative estimate of drug-likeness (QED) is 0.505. The summed E-state index contributed by atoms with van der Waals surface area (Å²) in [7, 11) is 0. The topological polar surface area (TPSA) is 90.4 Å². The summed E-state index contributed by atoms with van der Waals surface area (Å²) in [6.07, 6.45) is 1.39. The van der Waals surface area contributed by atoms with E-state index in [2.05, 4.69) is 20.6 Å². The zero-order valence-electron chi connectivity index (χ0n) is 17.6. The predicted octanol–water partition coefficient (Wildman–Crippen LogP) is 4.84. The molecule has 2 amide bonds. The van der Waals surface area contributed by atoms with Gasteiger partial charge in [0.2, 0.25) is 5.95 Å². The lowest BCUT2D eigenvalue weighted by atomic mass is 10.0. The van der Waals surface area contributed by atoms with Crippen LogP contribution in [0.25, 0.3) is 0 Å². The van der Waals surface area contributed by atoms with E-state index in [9.17, 15) is 23.1 Å². The zero-order valence-corrected chi connectivity index (χ0v) is 17.6. The highest BCUT2D eigenvalue weighted by Crippen LogP contribution is 2.27. The van der Waals surface area contributed by atoms with E-state index < -0.39 is 35.1 Å². The first-order chi connectivity index (χ1) is 15.0. The van der Waals surface area contributed by atoms with Gasteiger partial charge in [-0.15, -0.1) is 0 Å². The van der Waals surface area contributed by atoms with Crippen LogP contribution in [0.1, 0.15) is 20.8 Å². The molecule has 7 nitrogen and oxygen atoms in total. The fraction of sp³-hybridized carbons (Fsp3) is 0.227. The minimum Gasteiger partial charge on any atom is -0.388 e. The SMILES string of the molecule is CC(Nc1nccc(N(C(=O)Nc2ccc(F)cc2F)c2ccc(F)cc2)n1)C(C)(C)O. The number of carbonyl (C=O) groups is 1. The molecule has 0 radical (unpaired) electrons. The smallest absolute Gasteiger partial charge is 0.332 e. The summed E-state index contributed by atoms with van der Waals surface area (Å²) in [6.45, 7) is 4.96. The highest BCUT2D eigenvalue weighted by atomic mass is 19.1. The van der Waals surface area contributed by atoms with Gasteiger partial charge in [0.1, 0.15) is 23.3 Å². The maximum Gasteiger partial charge on any atom is 0.332 e. The second kappa shape index (κ2) is 9.23. The predicted molar refractivity (Wildman–Crippen MR) is 115 cm³/mol. The first-order valence-electron chi connectivity index (χ1n) is 9.68. The highest BCUT2D eigenvalue weighted by molar-refractivity contribution is 6.06. The molecule has 0 spiro atoms. The Kier molecular flexibility index (Phi) is 6.64. The third-order valence-corrected chi connectivity index (χ3v) is 4.74. The molecule has 0 fully saturated rings. The average Bonchev–Trinajstić information content (AvgIpc) is 2.71. The maximum absolute atomic E-state index is 14.1. The van der Waals surface area contributed by atoms with Gasteiger partial charge in [0.25, 0.3) is 0 Å². The number of benzene rings is 2. The van der Waals surface area contributed by atoms with Crippen LogP contribution in [-0.2, 0) is 0 Å². The Bertz CT molecular complexity index is 1100. The first-order valence-corrected chi connectivity index (χ1v) is 9.68. The molecule has 3 rings (SSSR count). The van der Waals surface area contributed by atoms with Crippen LogP contribution in [0.4, 0.5) is 41.1 Å². The Hall–Kier alpha value is -3.66. The Morgan fingerprint density at radius 1 is 1.06 bits per heavy atom. The van der Waals surface area contributed by atoms with Crippen molar-refractivity contribution in [2.45, 2.75) is 32.4 Å². The van der Waals surface area contributed by atoms with Crippen molar-refractivity contribution in [3.8, 4) is 0 Å². The molecule has 0 aliphatic rings. The van der Waals surface area contributed by atoms with E-state index in [1.807, 2.05) is 0 Å². The molecular weight excluding hydrogens is 423 g/mol. The molecule has 0 saturated heterocycles. The number of aliphatic hydroxyl groups is 1. The van der Waals surface area contributed by atoms with E-state index in [0.29, 0.717) is 6.07 Å². The second-order valence-corrected chi connectivity index (χ2v) is 7.62. The van der Waals surface area contributed by atoms with Gasteiger partial charge in [0.05, 0.1) is 23.0 Å². The van der Waals surface area contributed by atoms with Gasteiger partial charge < -0.3 is 15.7 Å². The minimum absolute atomic E-state index is 0.0945. The van der Waals surface area contributed by atoms with E-state index in [-0.39, 0.29) is 23.1 Å². The normalized spacial score (nSPS) is 12.2. The summed E-state index contributed by atoms with van der Waals surface area (Å²) in [6, 6.07) is 7.94. The van der Waals surface area contributed by atoms with E-state index in [1.54, 1.807) is 20.8 Å². The molecule has 0 aliphatic heterocycles. The third-order valence-electron chi connectivity index (χ3n) is 4.74. The van der Waals surface area contributed by atoms with E-state index in [0.717, 1.165) is 29.2 Å². The maximum atomic E-state index is 14.1. The summed E-state index contributed by atoms with van der Waals surface area (Å²) < 4.78 is 40.7. The Balaban J connectivity index is 1.97. The van der Waals surface area contributed by atoms with Crippen LogP contribution < -0.4 is 15.5 Å². The number of carbonyl (C=O) groups excluding carboxylic acids is 1. The molecule has 10 heteroatoms. The molecule has 32 heavy (non-hydrogen) atoms. The van der Waals surface area contributed by atoms with E-state index in [1.165, 1.54) is 24.4 Å². The molecule has 0 aliphatic carbocycles. The van der Waals surface area contributed by atoms with Crippen molar-refractivity contribution in [3.63, 3.8) is 0 Å². The average molecular weight is 445 g/mol. The number of nitrogens with one attached hydrogen (secondary N) is 2. The van der Waals surface area contributed by atoms with Gasteiger partial charge >= 0.3 is 6.03 Å². The molecular formula is C22H22F3N5O2. The zero-order chi connectivity index (χ0) is 23.5. The van der Waals surface area contributed by atoms with Crippen LogP contribution in [0.3, 0.4) is 0 Å². The standard InChI is InChI=1S/C22H22F3N5O2/c1-13(22(2,3)32)27-20-26-11-10-19(29-20)30(16-7-4-14(23)5-8-16)21(31)28-18-9-6-15(24)12-17(18)25/h4-13,32H,1-3H3,(H,28,31)(H,26,27,29). The van der Waals surface area contributed by atoms with Crippen molar-refractivity contribution in [2.75, 3.05) is 15.5 Å². The molecule has 168 valence electrons. The molecule has 3 aromatic rings. The van der Waals surface area contributed by atoms with E-state index in [4.69, 9.17) is 0 Å². The van der Waals surface area contributed by atoms with Crippen molar-refractivity contribution in [2.24, 2.45) is 0 Å². The number of amides is 2. The lowest BCUT2D eigenvalue weighted by Gasteiger charge is -2.27. The van der Waals surface area contributed by atoms with Gasteiger partial charge in [0.15, 0.2) is 0 Å². The largest absolute Gasteiger partial charge is 0.388 e.